The molecule has 0 radical (unpaired) electrons. The number of alkyl halides is 5. The minimum atomic E-state index is -4.84. The molecule has 0 bridgehead atoms. The number of rotatable bonds is 5. The molecule has 0 spiro atoms. The molecule has 0 fully saturated rings. The number of urea groups is 1. The predicted molar refractivity (Wildman–Crippen MR) is 86.8 cm³/mol. The number of carbonyl (C=O) groups is 1. The Balaban J connectivity index is 2.30. The van der Waals surface area contributed by atoms with E-state index in [1.54, 1.807) is 6.92 Å². The molecule has 2 N–H and O–H groups in total. The van der Waals surface area contributed by atoms with E-state index in [0.29, 0.717) is 11.8 Å². The van der Waals surface area contributed by atoms with Gasteiger partial charge in [0.15, 0.2) is 0 Å². The van der Waals surface area contributed by atoms with Crippen molar-refractivity contribution >= 4 is 11.7 Å². The first-order chi connectivity index (χ1) is 12.6. The molecule has 0 aliphatic rings. The zero-order chi connectivity index (χ0) is 20.4. The standard InChI is InChI=1S/C16H17F5N4O2/c1-8-11(14(27-3)25(2)24-8)22-15(26)23-12(13(17)18)9-6-4-5-7-10(9)16(19,20)21/h4-7,12-13H,1-3H3,(H2,22,23,26)/t12-/m1/s1. The fourth-order valence-electron chi connectivity index (χ4n) is 2.61. The molecule has 0 saturated heterocycles. The van der Waals surface area contributed by atoms with E-state index < -0.39 is 35.8 Å². The van der Waals surface area contributed by atoms with Crippen molar-refractivity contribution in [2.75, 3.05) is 12.4 Å². The lowest BCUT2D eigenvalue weighted by Crippen LogP contribution is -2.37. The summed E-state index contributed by atoms with van der Waals surface area (Å²) in [6, 6.07) is 0.568. The number of carbonyl (C=O) groups excluding carboxylic acids is 1. The number of ether oxygens (including phenoxy) is 1. The molecule has 0 unspecified atom stereocenters. The molecule has 0 aliphatic carbocycles. The Hall–Kier alpha value is -2.85. The van der Waals surface area contributed by atoms with Crippen LogP contribution in [-0.4, -0.2) is 29.3 Å². The van der Waals surface area contributed by atoms with Gasteiger partial charge in [-0.1, -0.05) is 18.2 Å². The fourth-order valence-corrected chi connectivity index (χ4v) is 2.61. The first-order valence-corrected chi connectivity index (χ1v) is 7.65. The highest BCUT2D eigenvalue weighted by Gasteiger charge is 2.38. The number of aryl methyl sites for hydroxylation is 2. The first kappa shape index (κ1) is 20.5. The molecule has 1 aromatic heterocycles. The summed E-state index contributed by atoms with van der Waals surface area (Å²) in [5.41, 5.74) is -1.51. The van der Waals surface area contributed by atoms with Gasteiger partial charge in [0.25, 0.3) is 6.43 Å². The average Bonchev–Trinajstić information content (AvgIpc) is 2.84. The van der Waals surface area contributed by atoms with Crippen LogP contribution < -0.4 is 15.4 Å². The maximum absolute atomic E-state index is 13.4. The van der Waals surface area contributed by atoms with Gasteiger partial charge in [0.1, 0.15) is 11.7 Å². The van der Waals surface area contributed by atoms with E-state index in [9.17, 15) is 26.7 Å². The predicted octanol–water partition coefficient (Wildman–Crippen LogP) is 3.88. The zero-order valence-corrected chi connectivity index (χ0v) is 14.6. The number of anilines is 1. The van der Waals surface area contributed by atoms with Crippen molar-refractivity contribution in [2.45, 2.75) is 25.6 Å². The van der Waals surface area contributed by atoms with Crippen LogP contribution in [0, 0.1) is 6.92 Å². The minimum absolute atomic E-state index is 0.120. The third kappa shape index (κ3) is 4.47. The van der Waals surface area contributed by atoms with Crippen LogP contribution in [0.4, 0.5) is 32.4 Å². The molecule has 2 amide bonds. The Labute approximate surface area is 151 Å². The van der Waals surface area contributed by atoms with Crippen LogP contribution in [0.3, 0.4) is 0 Å². The highest BCUT2D eigenvalue weighted by molar-refractivity contribution is 5.91. The number of benzene rings is 1. The van der Waals surface area contributed by atoms with Crippen LogP contribution in [0.15, 0.2) is 24.3 Å². The SMILES string of the molecule is COc1c(NC(=O)N[C@H](c2ccccc2C(F)(F)F)C(F)F)c(C)nn1C. The van der Waals surface area contributed by atoms with Gasteiger partial charge in [0.05, 0.1) is 18.4 Å². The minimum Gasteiger partial charge on any atom is -0.480 e. The molecule has 1 aromatic carbocycles. The molecule has 0 aliphatic heterocycles. The maximum atomic E-state index is 13.4. The van der Waals surface area contributed by atoms with E-state index in [0.717, 1.165) is 12.1 Å². The van der Waals surface area contributed by atoms with Crippen LogP contribution in [0.5, 0.6) is 5.88 Å². The summed E-state index contributed by atoms with van der Waals surface area (Å²) in [6.07, 6.45) is -8.11. The molecule has 6 nitrogen and oxygen atoms in total. The van der Waals surface area contributed by atoms with Crippen molar-refractivity contribution < 1.29 is 31.5 Å². The number of halogens is 5. The van der Waals surface area contributed by atoms with Gasteiger partial charge in [-0.15, -0.1) is 0 Å². The summed E-state index contributed by atoms with van der Waals surface area (Å²) in [7, 11) is 2.86. The van der Waals surface area contributed by atoms with Gasteiger partial charge in [0, 0.05) is 7.05 Å². The molecule has 2 rings (SSSR count). The van der Waals surface area contributed by atoms with Gasteiger partial charge in [-0.25, -0.2) is 18.3 Å². The lowest BCUT2D eigenvalue weighted by Gasteiger charge is -2.22. The molecule has 0 saturated carbocycles. The van der Waals surface area contributed by atoms with Crippen molar-refractivity contribution in [2.24, 2.45) is 7.05 Å². The van der Waals surface area contributed by atoms with E-state index in [2.05, 4.69) is 10.4 Å². The highest BCUT2D eigenvalue weighted by Crippen LogP contribution is 2.36. The van der Waals surface area contributed by atoms with E-state index >= 15 is 0 Å². The number of aromatic nitrogens is 2. The number of nitrogens with zero attached hydrogens (tertiary/aromatic N) is 2. The van der Waals surface area contributed by atoms with Crippen molar-refractivity contribution in [1.82, 2.24) is 15.1 Å². The van der Waals surface area contributed by atoms with E-state index in [4.69, 9.17) is 4.74 Å². The van der Waals surface area contributed by atoms with Crippen LogP contribution in [0.2, 0.25) is 0 Å². The zero-order valence-electron chi connectivity index (χ0n) is 14.6. The number of hydrogen-bond acceptors (Lipinski definition) is 3. The second-order valence-electron chi connectivity index (χ2n) is 5.59. The monoisotopic (exact) mass is 392 g/mol. The third-order valence-corrected chi connectivity index (χ3v) is 3.74. The first-order valence-electron chi connectivity index (χ1n) is 7.65. The van der Waals surface area contributed by atoms with E-state index in [1.807, 2.05) is 5.32 Å². The maximum Gasteiger partial charge on any atom is 0.416 e. The van der Waals surface area contributed by atoms with Crippen LogP contribution >= 0.6 is 0 Å². The summed E-state index contributed by atoms with van der Waals surface area (Å²) in [6.45, 7) is 1.54. The summed E-state index contributed by atoms with van der Waals surface area (Å²) in [5.74, 6) is 0.159. The molecule has 11 heteroatoms. The molecule has 148 valence electrons. The largest absolute Gasteiger partial charge is 0.480 e. The molecular formula is C16H17F5N4O2. The molecule has 1 atom stereocenters. The van der Waals surface area contributed by atoms with Crippen molar-refractivity contribution in [1.29, 1.82) is 0 Å². The Morgan fingerprint density at radius 2 is 1.89 bits per heavy atom. The van der Waals surface area contributed by atoms with E-state index in [-0.39, 0.29) is 11.6 Å². The molecular weight excluding hydrogens is 375 g/mol. The highest BCUT2D eigenvalue weighted by atomic mass is 19.4. The lowest BCUT2D eigenvalue weighted by molar-refractivity contribution is -0.138. The van der Waals surface area contributed by atoms with Gasteiger partial charge in [-0.05, 0) is 18.6 Å². The second kappa shape index (κ2) is 7.80. The average molecular weight is 392 g/mol. The molecule has 27 heavy (non-hydrogen) atoms. The van der Waals surface area contributed by atoms with Crippen molar-refractivity contribution in [3.05, 3.63) is 41.1 Å². The van der Waals surface area contributed by atoms with Crippen LogP contribution in [0.25, 0.3) is 0 Å². The van der Waals surface area contributed by atoms with Crippen LogP contribution in [0.1, 0.15) is 22.9 Å². The summed E-state index contributed by atoms with van der Waals surface area (Å²) >= 11 is 0. The van der Waals surface area contributed by atoms with Gasteiger partial charge in [-0.3, -0.25) is 0 Å². The van der Waals surface area contributed by atoms with Crippen molar-refractivity contribution in [3.63, 3.8) is 0 Å². The second-order valence-corrected chi connectivity index (χ2v) is 5.59. The number of hydrogen-bond donors (Lipinski definition) is 2. The Morgan fingerprint density at radius 1 is 1.26 bits per heavy atom. The number of methoxy groups -OCH3 is 1. The van der Waals surface area contributed by atoms with Gasteiger partial charge >= 0.3 is 12.2 Å². The topological polar surface area (TPSA) is 68.2 Å². The van der Waals surface area contributed by atoms with Crippen LogP contribution in [-0.2, 0) is 13.2 Å². The third-order valence-electron chi connectivity index (χ3n) is 3.74. The quantitative estimate of drug-likeness (QED) is 0.759. The number of nitrogens with one attached hydrogen (secondary N) is 2. The molecule has 1 heterocycles. The normalized spacial score (nSPS) is 12.8. The van der Waals surface area contributed by atoms with Gasteiger partial charge in [-0.2, -0.15) is 18.3 Å². The van der Waals surface area contributed by atoms with Crippen molar-refractivity contribution in [3.8, 4) is 5.88 Å². The Morgan fingerprint density at radius 3 is 2.44 bits per heavy atom. The Bertz CT molecular complexity index is 820. The Kier molecular flexibility index (Phi) is 5.91. The number of amides is 2. The summed E-state index contributed by atoms with van der Waals surface area (Å²) < 4.78 is 72.6. The summed E-state index contributed by atoms with van der Waals surface area (Å²) in [5, 5.41) is 8.19. The van der Waals surface area contributed by atoms with Gasteiger partial charge in [0.2, 0.25) is 5.88 Å². The lowest BCUT2D eigenvalue weighted by atomic mass is 10.00. The smallest absolute Gasteiger partial charge is 0.416 e. The summed E-state index contributed by atoms with van der Waals surface area (Å²) in [4.78, 5) is 12.2. The van der Waals surface area contributed by atoms with E-state index in [1.165, 1.54) is 24.9 Å². The van der Waals surface area contributed by atoms with Gasteiger partial charge < -0.3 is 15.4 Å². The molecule has 2 aromatic rings. The fraction of sp³-hybridized carbons (Fsp3) is 0.375.